The van der Waals surface area contributed by atoms with E-state index in [1.165, 1.54) is 6.92 Å². The van der Waals surface area contributed by atoms with Gasteiger partial charge in [0.15, 0.2) is 17.3 Å². The molecule has 1 aromatic rings. The van der Waals surface area contributed by atoms with Crippen LogP contribution in [0.15, 0.2) is 12.1 Å². The zero-order valence-electron chi connectivity index (χ0n) is 16.6. The second-order valence-corrected chi connectivity index (χ2v) is 7.83. The number of carbonyl (C=O) groups excluding carboxylic acids is 3. The number of rotatable bonds is 5. The highest BCUT2D eigenvalue weighted by Gasteiger charge is 2.31. The van der Waals surface area contributed by atoms with Crippen molar-refractivity contribution >= 4 is 23.3 Å². The Morgan fingerprint density at radius 2 is 1.83 bits per heavy atom. The number of carbonyl (C=O) groups is 3. The van der Waals surface area contributed by atoms with Crippen LogP contribution in [-0.4, -0.2) is 55.1 Å². The highest BCUT2D eigenvalue weighted by molar-refractivity contribution is 6.04. The molecule has 0 radical (unpaired) electrons. The van der Waals surface area contributed by atoms with Gasteiger partial charge < -0.3 is 24.4 Å². The summed E-state index contributed by atoms with van der Waals surface area (Å²) in [5.41, 5.74) is 0.845. The first-order chi connectivity index (χ1) is 14.0. The van der Waals surface area contributed by atoms with Gasteiger partial charge in [0.25, 0.3) is 5.91 Å². The Morgan fingerprint density at radius 1 is 1.10 bits per heavy atom. The maximum atomic E-state index is 12.6. The molecule has 1 atom stereocenters. The molecule has 0 aromatic heterocycles. The molecule has 8 nitrogen and oxygen atoms in total. The highest BCUT2D eigenvalue weighted by Crippen LogP contribution is 2.37. The van der Waals surface area contributed by atoms with Crippen molar-refractivity contribution in [1.82, 2.24) is 4.90 Å². The maximum absolute atomic E-state index is 12.6. The third-order valence-electron chi connectivity index (χ3n) is 5.77. The van der Waals surface area contributed by atoms with E-state index in [0.717, 1.165) is 25.7 Å². The first-order valence-electron chi connectivity index (χ1n) is 10.2. The molecule has 2 amide bonds. The lowest BCUT2D eigenvalue weighted by Crippen LogP contribution is -2.44. The summed E-state index contributed by atoms with van der Waals surface area (Å²) in [7, 11) is 0. The van der Waals surface area contributed by atoms with Crippen LogP contribution < -0.4 is 14.8 Å². The fourth-order valence-corrected chi connectivity index (χ4v) is 4.13. The molecule has 3 aliphatic heterocycles. The molecule has 0 saturated carbocycles. The van der Waals surface area contributed by atoms with E-state index in [1.54, 1.807) is 12.1 Å². The lowest BCUT2D eigenvalue weighted by molar-refractivity contribution is -0.142. The van der Waals surface area contributed by atoms with Crippen molar-refractivity contribution in [3.8, 4) is 11.5 Å². The quantitative estimate of drug-likeness (QED) is 0.760. The molecule has 29 heavy (non-hydrogen) atoms. The molecule has 0 bridgehead atoms. The zero-order valence-corrected chi connectivity index (χ0v) is 16.6. The summed E-state index contributed by atoms with van der Waals surface area (Å²) in [6, 6.07) is 3.25. The molecule has 1 aromatic carbocycles. The number of hydrogen-bond acceptors (Lipinski definition) is 6. The van der Waals surface area contributed by atoms with Crippen LogP contribution in [0, 0.1) is 5.92 Å². The molecule has 2 saturated heterocycles. The van der Waals surface area contributed by atoms with Crippen molar-refractivity contribution in [3.63, 3.8) is 0 Å². The predicted octanol–water partition coefficient (Wildman–Crippen LogP) is 2.36. The van der Waals surface area contributed by atoms with Gasteiger partial charge in [-0.25, -0.2) is 0 Å². The summed E-state index contributed by atoms with van der Waals surface area (Å²) >= 11 is 0. The normalized spacial score (nSPS) is 21.3. The third-order valence-corrected chi connectivity index (χ3v) is 5.77. The van der Waals surface area contributed by atoms with Crippen molar-refractivity contribution in [2.75, 3.05) is 31.8 Å². The molecule has 3 aliphatic rings. The van der Waals surface area contributed by atoms with Gasteiger partial charge in [-0.15, -0.1) is 0 Å². The van der Waals surface area contributed by atoms with Gasteiger partial charge >= 0.3 is 0 Å². The van der Waals surface area contributed by atoms with Crippen LogP contribution in [0.5, 0.6) is 11.5 Å². The van der Waals surface area contributed by atoms with E-state index in [2.05, 4.69) is 5.32 Å². The highest BCUT2D eigenvalue weighted by atomic mass is 16.7. The van der Waals surface area contributed by atoms with Gasteiger partial charge in [-0.1, -0.05) is 0 Å². The molecule has 0 spiro atoms. The molecule has 1 N–H and O–H groups in total. The fraction of sp³-hybridized carbons (Fsp3) is 0.571. The van der Waals surface area contributed by atoms with Crippen LogP contribution in [0.3, 0.4) is 0 Å². The van der Waals surface area contributed by atoms with Crippen molar-refractivity contribution in [2.24, 2.45) is 5.92 Å². The minimum Gasteiger partial charge on any atom is -0.454 e. The smallest absolute Gasteiger partial charge is 0.251 e. The number of ketones is 1. The number of amides is 2. The summed E-state index contributed by atoms with van der Waals surface area (Å²) in [5.74, 6) is 1.02. The monoisotopic (exact) mass is 402 g/mol. The predicted molar refractivity (Wildman–Crippen MR) is 104 cm³/mol. The van der Waals surface area contributed by atoms with Gasteiger partial charge in [-0.2, -0.15) is 0 Å². The number of benzene rings is 1. The Balaban J connectivity index is 1.32. The Morgan fingerprint density at radius 3 is 2.48 bits per heavy atom. The molecule has 4 rings (SSSR count). The van der Waals surface area contributed by atoms with Crippen LogP contribution in [0.2, 0.25) is 0 Å². The standard InChI is InChI=1S/C21H26N2O6/c1-13(24)15-10-18-19(29-12-28-18)11-16(15)22-20(25)9-14-4-6-23(7-5-14)21(26)17-3-2-8-27-17/h10-11,14,17H,2-9,12H2,1H3,(H,22,25)/t17-/m0/s1. The summed E-state index contributed by atoms with van der Waals surface area (Å²) in [6.45, 7) is 3.52. The van der Waals surface area contributed by atoms with E-state index in [-0.39, 0.29) is 36.4 Å². The zero-order chi connectivity index (χ0) is 20.4. The molecule has 8 heteroatoms. The minimum atomic E-state index is -0.286. The van der Waals surface area contributed by atoms with Gasteiger partial charge in [0.2, 0.25) is 12.7 Å². The number of piperidine rings is 1. The lowest BCUT2D eigenvalue weighted by atomic mass is 9.92. The van der Waals surface area contributed by atoms with E-state index < -0.39 is 0 Å². The first-order valence-corrected chi connectivity index (χ1v) is 10.2. The van der Waals surface area contributed by atoms with E-state index in [0.29, 0.717) is 48.9 Å². The maximum Gasteiger partial charge on any atom is 0.251 e. The molecular weight excluding hydrogens is 376 g/mol. The van der Waals surface area contributed by atoms with Gasteiger partial charge in [0.05, 0.1) is 5.69 Å². The largest absolute Gasteiger partial charge is 0.454 e. The second kappa shape index (κ2) is 8.41. The number of anilines is 1. The van der Waals surface area contributed by atoms with Crippen molar-refractivity contribution < 1.29 is 28.6 Å². The average molecular weight is 402 g/mol. The summed E-state index contributed by atoms with van der Waals surface area (Å²) in [4.78, 5) is 38.8. The van der Waals surface area contributed by atoms with Crippen LogP contribution in [0.25, 0.3) is 0 Å². The number of likely N-dealkylation sites (tertiary alicyclic amines) is 1. The van der Waals surface area contributed by atoms with Gasteiger partial charge in [0.1, 0.15) is 6.10 Å². The molecule has 0 aliphatic carbocycles. The van der Waals surface area contributed by atoms with Gasteiger partial charge in [0, 0.05) is 37.7 Å². The van der Waals surface area contributed by atoms with Crippen molar-refractivity contribution in [1.29, 1.82) is 0 Å². The summed E-state index contributed by atoms with van der Waals surface area (Å²) in [6.07, 6.45) is 3.38. The topological polar surface area (TPSA) is 94.2 Å². The average Bonchev–Trinajstić information content (AvgIpc) is 3.39. The number of nitrogens with one attached hydrogen (secondary N) is 1. The van der Waals surface area contributed by atoms with Crippen LogP contribution in [0.1, 0.15) is 49.4 Å². The van der Waals surface area contributed by atoms with Gasteiger partial charge in [-0.05, 0) is 44.6 Å². The summed E-state index contributed by atoms with van der Waals surface area (Å²) < 4.78 is 16.1. The first kappa shape index (κ1) is 19.7. The Bertz CT molecular complexity index is 810. The van der Waals surface area contributed by atoms with E-state index in [4.69, 9.17) is 14.2 Å². The molecule has 3 heterocycles. The van der Waals surface area contributed by atoms with Crippen molar-refractivity contribution in [3.05, 3.63) is 17.7 Å². The summed E-state index contributed by atoms with van der Waals surface area (Å²) in [5, 5.41) is 2.85. The number of ether oxygens (including phenoxy) is 3. The number of nitrogens with zero attached hydrogens (tertiary/aromatic N) is 1. The van der Waals surface area contributed by atoms with Crippen LogP contribution in [-0.2, 0) is 14.3 Å². The molecule has 0 unspecified atom stereocenters. The van der Waals surface area contributed by atoms with E-state index >= 15 is 0 Å². The van der Waals surface area contributed by atoms with E-state index in [9.17, 15) is 14.4 Å². The number of Topliss-reactive ketones (excluding diaryl/α,β-unsaturated/α-hetero) is 1. The van der Waals surface area contributed by atoms with Crippen LogP contribution >= 0.6 is 0 Å². The second-order valence-electron chi connectivity index (χ2n) is 7.83. The number of hydrogen-bond donors (Lipinski definition) is 1. The lowest BCUT2D eigenvalue weighted by Gasteiger charge is -2.33. The Labute approximate surface area is 169 Å². The molecule has 2 fully saturated rings. The minimum absolute atomic E-state index is 0.0804. The fourth-order valence-electron chi connectivity index (χ4n) is 4.13. The van der Waals surface area contributed by atoms with E-state index in [1.807, 2.05) is 4.90 Å². The van der Waals surface area contributed by atoms with Crippen molar-refractivity contribution in [2.45, 2.75) is 45.1 Å². The Kier molecular flexibility index (Phi) is 5.71. The SMILES string of the molecule is CC(=O)c1cc2c(cc1NC(=O)CC1CCN(C(=O)[C@@H]3CCCO3)CC1)OCO2. The molecular formula is C21H26N2O6. The van der Waals surface area contributed by atoms with Gasteiger partial charge in [-0.3, -0.25) is 14.4 Å². The Hall–Kier alpha value is -2.61. The van der Waals surface area contributed by atoms with Crippen LogP contribution in [0.4, 0.5) is 5.69 Å². The molecule has 156 valence electrons. The number of fused-ring (bicyclic) bond motifs is 1. The third kappa shape index (κ3) is 4.37.